The van der Waals surface area contributed by atoms with Crippen LogP contribution in [0.15, 0.2) is 18.2 Å². The second-order valence-electron chi connectivity index (χ2n) is 4.27. The second kappa shape index (κ2) is 8.24. The summed E-state index contributed by atoms with van der Waals surface area (Å²) in [5.74, 6) is -1.42. The number of rotatable bonds is 3. The molecule has 0 spiro atoms. The fourth-order valence-electron chi connectivity index (χ4n) is 2.16. The average Bonchev–Trinajstić information content (AvgIpc) is 2.77. The molecule has 0 aliphatic carbocycles. The van der Waals surface area contributed by atoms with E-state index < -0.39 is 11.6 Å². The number of nitrogens with two attached hydrogens (primary N) is 1. The Morgan fingerprint density at radius 2 is 1.95 bits per heavy atom. The molecule has 20 heavy (non-hydrogen) atoms. The molecule has 3 N–H and O–H groups in total. The van der Waals surface area contributed by atoms with E-state index in [1.807, 2.05) is 0 Å². The van der Waals surface area contributed by atoms with Crippen LogP contribution in [0.5, 0.6) is 0 Å². The fraction of sp³-hybridized carbons (Fsp3) is 0.417. The smallest absolute Gasteiger partial charge is 0.234 e. The number of para-hydroxylation sites is 1. The third-order valence-corrected chi connectivity index (χ3v) is 2.99. The highest BCUT2D eigenvalue weighted by Gasteiger charge is 2.27. The number of amides is 1. The lowest BCUT2D eigenvalue weighted by molar-refractivity contribution is -0.120. The number of hydrogen-bond donors (Lipinski definition) is 2. The highest BCUT2D eigenvalue weighted by Crippen LogP contribution is 2.26. The Kier molecular flexibility index (Phi) is 7.78. The predicted molar refractivity (Wildman–Crippen MR) is 78.7 cm³/mol. The first-order chi connectivity index (χ1) is 8.61. The Morgan fingerprint density at radius 1 is 1.35 bits per heavy atom. The lowest BCUT2D eigenvalue weighted by Gasteiger charge is -2.20. The van der Waals surface area contributed by atoms with Gasteiger partial charge in [-0.25, -0.2) is 8.78 Å². The van der Waals surface area contributed by atoms with Crippen LogP contribution in [0.2, 0.25) is 0 Å². The molecule has 1 saturated heterocycles. The molecule has 114 valence electrons. The van der Waals surface area contributed by atoms with Crippen molar-refractivity contribution in [3.63, 3.8) is 0 Å². The molecule has 0 saturated carbocycles. The van der Waals surface area contributed by atoms with Crippen molar-refractivity contribution in [2.24, 2.45) is 5.73 Å². The topological polar surface area (TPSA) is 58.4 Å². The number of carbonyl (C=O) groups excluding carboxylic acids is 1. The molecule has 1 amide bonds. The van der Waals surface area contributed by atoms with Crippen LogP contribution in [-0.2, 0) is 4.79 Å². The average molecular weight is 328 g/mol. The largest absolute Gasteiger partial charge is 0.365 e. The molecule has 0 radical (unpaired) electrons. The fourth-order valence-corrected chi connectivity index (χ4v) is 2.16. The van der Waals surface area contributed by atoms with Crippen LogP contribution in [0, 0.1) is 11.6 Å². The molecule has 1 aromatic rings. The van der Waals surface area contributed by atoms with Crippen molar-refractivity contribution >= 4 is 36.4 Å². The van der Waals surface area contributed by atoms with Crippen LogP contribution in [0.1, 0.15) is 6.42 Å². The molecule has 1 aliphatic heterocycles. The van der Waals surface area contributed by atoms with Crippen molar-refractivity contribution in [3.8, 4) is 0 Å². The summed E-state index contributed by atoms with van der Waals surface area (Å²) < 4.78 is 27.1. The summed E-state index contributed by atoms with van der Waals surface area (Å²) in [6, 6.07) is 3.67. The van der Waals surface area contributed by atoms with Crippen LogP contribution < -0.4 is 16.0 Å². The van der Waals surface area contributed by atoms with Gasteiger partial charge in [-0.2, -0.15) is 0 Å². The summed E-state index contributed by atoms with van der Waals surface area (Å²) in [7, 11) is 0. The lowest BCUT2D eigenvalue weighted by atomic mass is 10.2. The number of carbonyl (C=O) groups is 1. The molecule has 0 bridgehead atoms. The van der Waals surface area contributed by atoms with Crippen molar-refractivity contribution in [3.05, 3.63) is 29.8 Å². The quantitative estimate of drug-likeness (QED) is 0.883. The van der Waals surface area contributed by atoms with E-state index >= 15 is 0 Å². The minimum absolute atomic E-state index is 0. The number of benzene rings is 1. The van der Waals surface area contributed by atoms with Crippen LogP contribution >= 0.6 is 24.8 Å². The van der Waals surface area contributed by atoms with Crippen LogP contribution in [0.3, 0.4) is 0 Å². The SMILES string of the molecule is Cl.Cl.NCC(=O)NC1CCN(c2c(F)cccc2F)C1. The minimum atomic E-state index is -0.583. The second-order valence-corrected chi connectivity index (χ2v) is 4.27. The van der Waals surface area contributed by atoms with E-state index in [1.165, 1.54) is 18.2 Å². The Morgan fingerprint density at radius 3 is 2.50 bits per heavy atom. The molecular weight excluding hydrogens is 311 g/mol. The van der Waals surface area contributed by atoms with Crippen LogP contribution in [-0.4, -0.2) is 31.6 Å². The van der Waals surface area contributed by atoms with E-state index in [-0.39, 0.29) is 49.0 Å². The standard InChI is InChI=1S/C12H15F2N3O.2ClH/c13-9-2-1-3-10(14)12(9)17-5-4-8(7-17)16-11(18)6-15;;/h1-3,8H,4-7,15H2,(H,16,18);2*1H. The maximum absolute atomic E-state index is 13.6. The van der Waals surface area contributed by atoms with Gasteiger partial charge in [0, 0.05) is 19.1 Å². The number of nitrogens with zero attached hydrogens (tertiary/aromatic N) is 1. The molecule has 0 aromatic heterocycles. The molecule has 1 unspecified atom stereocenters. The van der Waals surface area contributed by atoms with Gasteiger partial charge < -0.3 is 16.0 Å². The number of hydrogen-bond acceptors (Lipinski definition) is 3. The summed E-state index contributed by atoms with van der Waals surface area (Å²) in [4.78, 5) is 12.7. The zero-order valence-corrected chi connectivity index (χ0v) is 12.3. The lowest BCUT2D eigenvalue weighted by Crippen LogP contribution is -2.40. The van der Waals surface area contributed by atoms with E-state index in [4.69, 9.17) is 5.73 Å². The zero-order chi connectivity index (χ0) is 13.1. The van der Waals surface area contributed by atoms with Crippen molar-refractivity contribution in [1.29, 1.82) is 0 Å². The molecule has 2 rings (SSSR count). The van der Waals surface area contributed by atoms with Crippen LogP contribution in [0.4, 0.5) is 14.5 Å². The first-order valence-electron chi connectivity index (χ1n) is 5.80. The van der Waals surface area contributed by atoms with Gasteiger partial charge in [-0.15, -0.1) is 24.8 Å². The molecule has 8 heteroatoms. The molecule has 1 aliphatic rings. The van der Waals surface area contributed by atoms with Crippen LogP contribution in [0.25, 0.3) is 0 Å². The Hall–Kier alpha value is -1.11. The maximum Gasteiger partial charge on any atom is 0.234 e. The normalized spacial score (nSPS) is 17.1. The Bertz CT molecular complexity index is 442. The van der Waals surface area contributed by atoms with Gasteiger partial charge in [0.15, 0.2) is 0 Å². The number of halogens is 4. The van der Waals surface area contributed by atoms with E-state index in [1.54, 1.807) is 4.90 Å². The maximum atomic E-state index is 13.6. The first kappa shape index (κ1) is 18.9. The third-order valence-electron chi connectivity index (χ3n) is 2.99. The van der Waals surface area contributed by atoms with E-state index in [9.17, 15) is 13.6 Å². The van der Waals surface area contributed by atoms with Gasteiger partial charge in [-0.05, 0) is 18.6 Å². The number of anilines is 1. The monoisotopic (exact) mass is 327 g/mol. The van der Waals surface area contributed by atoms with Crippen molar-refractivity contribution < 1.29 is 13.6 Å². The summed E-state index contributed by atoms with van der Waals surface area (Å²) in [6.07, 6.45) is 0.652. The van der Waals surface area contributed by atoms with Gasteiger partial charge in [-0.3, -0.25) is 4.79 Å². The van der Waals surface area contributed by atoms with Crippen molar-refractivity contribution in [1.82, 2.24) is 5.32 Å². The Balaban J connectivity index is 0.00000180. The van der Waals surface area contributed by atoms with Gasteiger partial charge in [-0.1, -0.05) is 6.07 Å². The summed E-state index contributed by atoms with van der Waals surface area (Å²) >= 11 is 0. The molecule has 4 nitrogen and oxygen atoms in total. The van der Waals surface area contributed by atoms with E-state index in [0.29, 0.717) is 19.5 Å². The van der Waals surface area contributed by atoms with Crippen molar-refractivity contribution in [2.75, 3.05) is 24.5 Å². The van der Waals surface area contributed by atoms with Gasteiger partial charge >= 0.3 is 0 Å². The molecule has 1 atom stereocenters. The van der Waals surface area contributed by atoms with E-state index in [0.717, 1.165) is 0 Å². The minimum Gasteiger partial charge on any atom is -0.365 e. The van der Waals surface area contributed by atoms with E-state index in [2.05, 4.69) is 5.32 Å². The third kappa shape index (κ3) is 4.19. The zero-order valence-electron chi connectivity index (χ0n) is 10.6. The van der Waals surface area contributed by atoms with Gasteiger partial charge in [0.05, 0.1) is 6.54 Å². The highest BCUT2D eigenvalue weighted by atomic mass is 35.5. The molecule has 1 fully saturated rings. The summed E-state index contributed by atoms with van der Waals surface area (Å²) in [6.45, 7) is 0.821. The summed E-state index contributed by atoms with van der Waals surface area (Å²) in [5.41, 5.74) is 5.17. The first-order valence-corrected chi connectivity index (χ1v) is 5.80. The van der Waals surface area contributed by atoms with Gasteiger partial charge in [0.1, 0.15) is 17.3 Å². The Labute approximate surface area is 128 Å². The van der Waals surface area contributed by atoms with Gasteiger partial charge in [0.2, 0.25) is 5.91 Å². The molecular formula is C12H17Cl2F2N3O. The summed E-state index contributed by atoms with van der Waals surface area (Å²) in [5, 5.41) is 2.72. The van der Waals surface area contributed by atoms with Crippen molar-refractivity contribution in [2.45, 2.75) is 12.5 Å². The predicted octanol–water partition coefficient (Wildman–Crippen LogP) is 1.46. The van der Waals surface area contributed by atoms with Gasteiger partial charge in [0.25, 0.3) is 0 Å². The highest BCUT2D eigenvalue weighted by molar-refractivity contribution is 5.85. The molecule has 1 aromatic carbocycles. The number of nitrogens with one attached hydrogen (secondary N) is 1. The molecule has 1 heterocycles.